The molecule has 0 bridgehead atoms. The lowest BCUT2D eigenvalue weighted by molar-refractivity contribution is 0.581. The van der Waals surface area contributed by atoms with Crippen molar-refractivity contribution in [1.82, 2.24) is 24.2 Å². The lowest BCUT2D eigenvalue weighted by Gasteiger charge is -2.12. The topological polar surface area (TPSA) is 116 Å². The lowest BCUT2D eigenvalue weighted by atomic mass is 10.2. The van der Waals surface area contributed by atoms with Gasteiger partial charge in [-0.3, -0.25) is 4.57 Å². The number of halogens is 1. The molecule has 34 heavy (non-hydrogen) atoms. The number of hydrogen-bond acceptors (Lipinski definition) is 6. The van der Waals surface area contributed by atoms with Crippen molar-refractivity contribution in [3.63, 3.8) is 0 Å². The van der Waals surface area contributed by atoms with Crippen molar-refractivity contribution in [3.05, 3.63) is 95.8 Å². The first-order chi connectivity index (χ1) is 16.4. The molecule has 0 aliphatic heterocycles. The van der Waals surface area contributed by atoms with Gasteiger partial charge in [-0.2, -0.15) is 0 Å². The van der Waals surface area contributed by atoms with Crippen LogP contribution in [0.25, 0.3) is 28.2 Å². The summed E-state index contributed by atoms with van der Waals surface area (Å²) in [5.74, 6) is 0.983. The highest BCUT2D eigenvalue weighted by Gasteiger charge is 2.19. The lowest BCUT2D eigenvalue weighted by Crippen LogP contribution is -2.23. The van der Waals surface area contributed by atoms with Gasteiger partial charge in [0.25, 0.3) is 0 Å². The van der Waals surface area contributed by atoms with E-state index in [0.717, 1.165) is 16.8 Å². The molecule has 0 spiro atoms. The SMILES string of the molecule is Nc1ncccc1-c1nc2cccnc2n1-c1ccc(CNS(=O)(=O)c2ccccc2Cl)cc1. The Hall–Kier alpha value is -3.79. The Morgan fingerprint density at radius 2 is 1.65 bits per heavy atom. The molecular formula is C24H19ClN6O2S. The summed E-state index contributed by atoms with van der Waals surface area (Å²) in [5.41, 5.74) is 9.79. The van der Waals surface area contributed by atoms with Crippen LogP contribution in [0.3, 0.4) is 0 Å². The number of benzene rings is 2. The van der Waals surface area contributed by atoms with Crippen molar-refractivity contribution in [3.8, 4) is 17.1 Å². The predicted molar refractivity (Wildman–Crippen MR) is 132 cm³/mol. The molecule has 0 saturated heterocycles. The number of nitrogens with zero attached hydrogens (tertiary/aromatic N) is 4. The molecule has 0 aliphatic carbocycles. The molecule has 5 rings (SSSR count). The first kappa shape index (κ1) is 22.0. The number of hydrogen-bond donors (Lipinski definition) is 2. The Balaban J connectivity index is 1.47. The van der Waals surface area contributed by atoms with Crippen molar-refractivity contribution in [2.24, 2.45) is 0 Å². The van der Waals surface area contributed by atoms with Crippen LogP contribution in [0.5, 0.6) is 0 Å². The van der Waals surface area contributed by atoms with Crippen molar-refractivity contribution >= 4 is 38.6 Å². The summed E-state index contributed by atoms with van der Waals surface area (Å²) in [6.07, 6.45) is 3.33. The average Bonchev–Trinajstić information content (AvgIpc) is 3.23. The van der Waals surface area contributed by atoms with Gasteiger partial charge in [0.05, 0.1) is 10.6 Å². The second-order valence-electron chi connectivity index (χ2n) is 7.47. The quantitative estimate of drug-likeness (QED) is 0.368. The Morgan fingerprint density at radius 1 is 0.912 bits per heavy atom. The minimum atomic E-state index is -3.75. The van der Waals surface area contributed by atoms with Crippen LogP contribution >= 0.6 is 11.6 Å². The van der Waals surface area contributed by atoms with E-state index in [-0.39, 0.29) is 16.5 Å². The minimum absolute atomic E-state index is 0.0444. The summed E-state index contributed by atoms with van der Waals surface area (Å²) in [5, 5.41) is 0.173. The molecule has 0 aliphatic rings. The number of fused-ring (bicyclic) bond motifs is 1. The molecule has 3 heterocycles. The van der Waals surface area contributed by atoms with Crippen LogP contribution in [0, 0.1) is 0 Å². The molecule has 5 aromatic rings. The second kappa shape index (κ2) is 8.86. The predicted octanol–water partition coefficient (Wildman–Crippen LogP) is 4.20. The molecule has 0 fully saturated rings. The number of pyridine rings is 2. The number of aromatic nitrogens is 4. The molecule has 8 nitrogen and oxygen atoms in total. The number of anilines is 1. The fraction of sp³-hybridized carbons (Fsp3) is 0.0417. The van der Waals surface area contributed by atoms with E-state index in [9.17, 15) is 8.42 Å². The smallest absolute Gasteiger partial charge is 0.242 e. The molecule has 3 aromatic heterocycles. The van der Waals surface area contributed by atoms with E-state index in [2.05, 4.69) is 14.7 Å². The van der Waals surface area contributed by atoms with E-state index in [4.69, 9.17) is 22.3 Å². The van der Waals surface area contributed by atoms with Gasteiger partial charge < -0.3 is 5.73 Å². The van der Waals surface area contributed by atoms with E-state index < -0.39 is 10.0 Å². The third-order valence-electron chi connectivity index (χ3n) is 5.28. The average molecular weight is 491 g/mol. The second-order valence-corrected chi connectivity index (χ2v) is 9.62. The van der Waals surface area contributed by atoms with Gasteiger partial charge in [0.2, 0.25) is 10.0 Å². The number of nitrogens with one attached hydrogen (secondary N) is 1. The monoisotopic (exact) mass is 490 g/mol. The maximum Gasteiger partial charge on any atom is 0.242 e. The molecule has 0 amide bonds. The third-order valence-corrected chi connectivity index (χ3v) is 7.18. The van der Waals surface area contributed by atoms with Crippen LogP contribution < -0.4 is 10.5 Å². The Morgan fingerprint density at radius 3 is 2.41 bits per heavy atom. The van der Waals surface area contributed by atoms with Crippen LogP contribution in [-0.4, -0.2) is 27.9 Å². The maximum absolute atomic E-state index is 12.6. The molecule has 0 saturated carbocycles. The summed E-state index contributed by atoms with van der Waals surface area (Å²) < 4.78 is 29.7. The van der Waals surface area contributed by atoms with Gasteiger partial charge in [0.15, 0.2) is 11.5 Å². The van der Waals surface area contributed by atoms with E-state index in [0.29, 0.717) is 22.9 Å². The van der Waals surface area contributed by atoms with Crippen molar-refractivity contribution in [1.29, 1.82) is 0 Å². The maximum atomic E-state index is 12.6. The summed E-state index contributed by atoms with van der Waals surface area (Å²) in [6.45, 7) is 0.110. The van der Waals surface area contributed by atoms with Crippen LogP contribution in [0.4, 0.5) is 5.82 Å². The van der Waals surface area contributed by atoms with Crippen LogP contribution in [0.15, 0.2) is 90.1 Å². The molecule has 3 N–H and O–H groups in total. The van der Waals surface area contributed by atoms with Gasteiger partial charge in [-0.15, -0.1) is 0 Å². The zero-order valence-electron chi connectivity index (χ0n) is 17.8. The highest BCUT2D eigenvalue weighted by molar-refractivity contribution is 7.89. The van der Waals surface area contributed by atoms with E-state index >= 15 is 0 Å². The van der Waals surface area contributed by atoms with E-state index in [1.54, 1.807) is 36.7 Å². The van der Waals surface area contributed by atoms with Gasteiger partial charge in [-0.1, -0.05) is 35.9 Å². The molecule has 170 valence electrons. The zero-order valence-corrected chi connectivity index (χ0v) is 19.3. The molecule has 0 atom stereocenters. The molecular weight excluding hydrogens is 472 g/mol. The number of nitrogens with two attached hydrogens (primary N) is 1. The highest BCUT2D eigenvalue weighted by atomic mass is 35.5. The largest absolute Gasteiger partial charge is 0.383 e. The zero-order chi connectivity index (χ0) is 23.7. The highest BCUT2D eigenvalue weighted by Crippen LogP contribution is 2.30. The molecule has 2 aromatic carbocycles. The summed E-state index contributed by atoms with van der Waals surface area (Å²) in [7, 11) is -3.75. The first-order valence-corrected chi connectivity index (χ1v) is 12.2. The van der Waals surface area contributed by atoms with Crippen LogP contribution in [-0.2, 0) is 16.6 Å². The van der Waals surface area contributed by atoms with Crippen molar-refractivity contribution in [2.75, 3.05) is 5.73 Å². The number of nitrogen functional groups attached to an aromatic ring is 1. The van der Waals surface area contributed by atoms with Gasteiger partial charge in [-0.25, -0.2) is 28.1 Å². The van der Waals surface area contributed by atoms with Gasteiger partial charge in [-0.05, 0) is 54.1 Å². The van der Waals surface area contributed by atoms with E-state index in [1.807, 2.05) is 47.0 Å². The van der Waals surface area contributed by atoms with E-state index in [1.165, 1.54) is 6.07 Å². The van der Waals surface area contributed by atoms with Gasteiger partial charge in [0.1, 0.15) is 16.2 Å². The molecule has 10 heteroatoms. The number of rotatable bonds is 6. The summed E-state index contributed by atoms with van der Waals surface area (Å²) >= 11 is 6.05. The molecule has 0 unspecified atom stereocenters. The summed E-state index contributed by atoms with van der Waals surface area (Å²) in [4.78, 5) is 13.5. The standard InChI is InChI=1S/C24H19ClN6O2S/c25-19-6-1-2-8-21(19)34(32,33)29-15-16-9-11-17(12-10-16)31-23(18-5-3-13-27-22(18)26)30-20-7-4-14-28-24(20)31/h1-14,29H,15H2,(H2,26,27). The number of sulfonamides is 1. The molecule has 0 radical (unpaired) electrons. The van der Waals surface area contributed by atoms with Gasteiger partial charge >= 0.3 is 0 Å². The van der Waals surface area contributed by atoms with Crippen LogP contribution in [0.2, 0.25) is 5.02 Å². The Labute approximate surface area is 201 Å². The normalized spacial score (nSPS) is 11.7. The van der Waals surface area contributed by atoms with Crippen molar-refractivity contribution < 1.29 is 8.42 Å². The van der Waals surface area contributed by atoms with Crippen LogP contribution in [0.1, 0.15) is 5.56 Å². The Kier molecular flexibility index (Phi) is 5.74. The van der Waals surface area contributed by atoms with Crippen molar-refractivity contribution in [2.45, 2.75) is 11.4 Å². The fourth-order valence-electron chi connectivity index (χ4n) is 3.63. The minimum Gasteiger partial charge on any atom is -0.383 e. The fourth-order valence-corrected chi connectivity index (χ4v) is 5.16. The summed E-state index contributed by atoms with van der Waals surface area (Å²) in [6, 6.07) is 21.1. The number of imidazole rings is 1. The third kappa shape index (κ3) is 4.12. The Bertz CT molecular complexity index is 1600. The van der Waals surface area contributed by atoms with Gasteiger partial charge in [0, 0.05) is 24.6 Å². The first-order valence-electron chi connectivity index (χ1n) is 10.3.